The minimum Gasteiger partial charge on any atom is -0.384 e. The Kier molecular flexibility index (Phi) is 3.59. The number of hydrogen-bond acceptors (Lipinski definition) is 5. The van der Waals surface area contributed by atoms with Crippen LogP contribution in [0.3, 0.4) is 0 Å². The van der Waals surface area contributed by atoms with Crippen molar-refractivity contribution in [3.8, 4) is 12.1 Å². The third-order valence-electron chi connectivity index (χ3n) is 1.75. The second kappa shape index (κ2) is 4.72. The van der Waals surface area contributed by atoms with Crippen LogP contribution in [0.4, 0.5) is 0 Å². The van der Waals surface area contributed by atoms with Gasteiger partial charge in [-0.25, -0.2) is 4.98 Å². The fourth-order valence-electron chi connectivity index (χ4n) is 0.957. The van der Waals surface area contributed by atoms with E-state index in [9.17, 15) is 5.11 Å². The maximum atomic E-state index is 9.43. The van der Waals surface area contributed by atoms with Crippen LogP contribution in [0.2, 0.25) is 5.15 Å². The van der Waals surface area contributed by atoms with Crippen molar-refractivity contribution < 1.29 is 10.2 Å². The second-order valence-corrected chi connectivity index (χ2v) is 3.10. The third-order valence-corrected chi connectivity index (χ3v) is 2.05. The molecule has 0 spiro atoms. The zero-order chi connectivity index (χ0) is 11.4. The number of rotatable bonds is 2. The van der Waals surface area contributed by atoms with Gasteiger partial charge in [-0.05, 0) is 6.07 Å². The highest BCUT2D eigenvalue weighted by atomic mass is 35.5. The van der Waals surface area contributed by atoms with Gasteiger partial charge in [-0.3, -0.25) is 0 Å². The summed E-state index contributed by atoms with van der Waals surface area (Å²) in [7, 11) is 0. The summed E-state index contributed by atoms with van der Waals surface area (Å²) in [5.74, 6) is 0. The van der Waals surface area contributed by atoms with E-state index in [0.717, 1.165) is 0 Å². The standard InChI is InChI=1S/C9H6ClN3O2/c10-9-5(2-11)1-6(4-13-9)8(15)7(14)3-12/h1,4,7-8,14-15H. The number of hydrogen-bond donors (Lipinski definition) is 2. The van der Waals surface area contributed by atoms with Gasteiger partial charge in [0, 0.05) is 11.8 Å². The Balaban J connectivity index is 3.08. The first-order valence-electron chi connectivity index (χ1n) is 3.91. The molecule has 0 bridgehead atoms. The molecular weight excluding hydrogens is 218 g/mol. The van der Waals surface area contributed by atoms with Gasteiger partial charge in [0.05, 0.1) is 11.6 Å². The predicted octanol–water partition coefficient (Wildman–Crippen LogP) is 0.525. The van der Waals surface area contributed by atoms with E-state index in [0.29, 0.717) is 0 Å². The van der Waals surface area contributed by atoms with Gasteiger partial charge in [0.1, 0.15) is 17.3 Å². The van der Waals surface area contributed by atoms with Crippen molar-refractivity contribution in [2.45, 2.75) is 12.2 Å². The van der Waals surface area contributed by atoms with Crippen molar-refractivity contribution in [1.82, 2.24) is 4.98 Å². The molecule has 0 radical (unpaired) electrons. The molecule has 0 aliphatic heterocycles. The van der Waals surface area contributed by atoms with Gasteiger partial charge < -0.3 is 10.2 Å². The molecule has 0 saturated carbocycles. The summed E-state index contributed by atoms with van der Waals surface area (Å²) in [4.78, 5) is 3.65. The number of aliphatic hydroxyl groups is 2. The summed E-state index contributed by atoms with van der Waals surface area (Å²) in [6.07, 6.45) is -1.75. The normalized spacial score (nSPS) is 13.7. The molecule has 1 rings (SSSR count). The largest absolute Gasteiger partial charge is 0.384 e. The Morgan fingerprint density at radius 2 is 2.07 bits per heavy atom. The maximum absolute atomic E-state index is 9.43. The van der Waals surface area contributed by atoms with E-state index < -0.39 is 12.2 Å². The summed E-state index contributed by atoms with van der Waals surface area (Å²) >= 11 is 5.57. The monoisotopic (exact) mass is 223 g/mol. The van der Waals surface area contributed by atoms with Crippen LogP contribution in [0.5, 0.6) is 0 Å². The Labute approximate surface area is 90.8 Å². The van der Waals surface area contributed by atoms with E-state index in [1.807, 2.05) is 0 Å². The van der Waals surface area contributed by atoms with Gasteiger partial charge in [0.25, 0.3) is 0 Å². The van der Waals surface area contributed by atoms with E-state index in [1.165, 1.54) is 18.3 Å². The zero-order valence-electron chi connectivity index (χ0n) is 7.42. The van der Waals surface area contributed by atoms with Gasteiger partial charge in [-0.15, -0.1) is 0 Å². The second-order valence-electron chi connectivity index (χ2n) is 2.74. The summed E-state index contributed by atoms with van der Waals surface area (Å²) < 4.78 is 0. The minimum atomic E-state index is -1.56. The molecule has 5 nitrogen and oxygen atoms in total. The van der Waals surface area contributed by atoms with E-state index >= 15 is 0 Å². The van der Waals surface area contributed by atoms with Crippen LogP contribution in [-0.4, -0.2) is 21.3 Å². The molecule has 2 N–H and O–H groups in total. The van der Waals surface area contributed by atoms with Crippen molar-refractivity contribution in [2.75, 3.05) is 0 Å². The molecule has 76 valence electrons. The van der Waals surface area contributed by atoms with Gasteiger partial charge in [-0.1, -0.05) is 11.6 Å². The highest BCUT2D eigenvalue weighted by Crippen LogP contribution is 2.20. The maximum Gasteiger partial charge on any atom is 0.170 e. The first-order valence-corrected chi connectivity index (χ1v) is 4.29. The molecule has 2 unspecified atom stereocenters. The molecular formula is C9H6ClN3O2. The lowest BCUT2D eigenvalue weighted by Crippen LogP contribution is -2.16. The van der Waals surface area contributed by atoms with Crippen LogP contribution in [-0.2, 0) is 0 Å². The van der Waals surface area contributed by atoms with Gasteiger partial charge in [0.2, 0.25) is 0 Å². The number of aliphatic hydroxyl groups excluding tert-OH is 2. The molecule has 1 aromatic rings. The molecule has 0 saturated heterocycles. The topological polar surface area (TPSA) is 101 Å². The molecule has 0 amide bonds. The number of nitriles is 2. The molecule has 0 aromatic carbocycles. The summed E-state index contributed by atoms with van der Waals surface area (Å²) in [5, 5.41) is 35.5. The smallest absolute Gasteiger partial charge is 0.170 e. The van der Waals surface area contributed by atoms with Crippen LogP contribution in [0.1, 0.15) is 17.2 Å². The lowest BCUT2D eigenvalue weighted by molar-refractivity contribution is 0.0525. The first-order chi connectivity index (χ1) is 7.10. The summed E-state index contributed by atoms with van der Waals surface area (Å²) in [5.41, 5.74) is 0.253. The van der Waals surface area contributed by atoms with E-state index in [4.69, 9.17) is 27.2 Å². The Bertz CT molecular complexity index is 450. The van der Waals surface area contributed by atoms with Crippen LogP contribution in [0.25, 0.3) is 0 Å². The van der Waals surface area contributed by atoms with Crippen LogP contribution >= 0.6 is 11.6 Å². The van der Waals surface area contributed by atoms with E-state index in [2.05, 4.69) is 4.98 Å². The molecule has 0 aliphatic rings. The quantitative estimate of drug-likeness (QED) is 0.562. The average Bonchev–Trinajstić information content (AvgIpc) is 2.27. The number of pyridine rings is 1. The van der Waals surface area contributed by atoms with E-state index in [-0.39, 0.29) is 16.3 Å². The van der Waals surface area contributed by atoms with E-state index in [1.54, 1.807) is 6.07 Å². The Morgan fingerprint density at radius 1 is 1.40 bits per heavy atom. The number of nitrogens with zero attached hydrogens (tertiary/aromatic N) is 3. The molecule has 1 aromatic heterocycles. The Morgan fingerprint density at radius 3 is 2.60 bits per heavy atom. The Hall–Kier alpha value is -1.66. The fraction of sp³-hybridized carbons (Fsp3) is 0.222. The highest BCUT2D eigenvalue weighted by molar-refractivity contribution is 6.30. The lowest BCUT2D eigenvalue weighted by atomic mass is 10.1. The average molecular weight is 224 g/mol. The van der Waals surface area contributed by atoms with Crippen LogP contribution < -0.4 is 0 Å². The van der Waals surface area contributed by atoms with Crippen molar-refractivity contribution >= 4 is 11.6 Å². The molecule has 6 heteroatoms. The number of aromatic nitrogens is 1. The molecule has 2 atom stereocenters. The fourth-order valence-corrected chi connectivity index (χ4v) is 1.10. The zero-order valence-corrected chi connectivity index (χ0v) is 8.18. The molecule has 1 heterocycles. The first kappa shape index (κ1) is 11.4. The molecule has 0 aliphatic carbocycles. The van der Waals surface area contributed by atoms with Gasteiger partial charge in [-0.2, -0.15) is 10.5 Å². The minimum absolute atomic E-state index is 0.0138. The van der Waals surface area contributed by atoms with Crippen LogP contribution in [0.15, 0.2) is 12.3 Å². The van der Waals surface area contributed by atoms with Crippen molar-refractivity contribution in [3.05, 3.63) is 28.5 Å². The highest BCUT2D eigenvalue weighted by Gasteiger charge is 2.19. The molecule has 0 fully saturated rings. The lowest BCUT2D eigenvalue weighted by Gasteiger charge is -2.11. The van der Waals surface area contributed by atoms with Crippen LogP contribution in [0, 0.1) is 22.7 Å². The van der Waals surface area contributed by atoms with Gasteiger partial charge >= 0.3 is 0 Å². The SMILES string of the molecule is N#Cc1cc(C(O)C(O)C#N)cnc1Cl. The molecule has 15 heavy (non-hydrogen) atoms. The summed E-state index contributed by atoms with van der Waals surface area (Å²) in [6, 6.07) is 4.53. The van der Waals surface area contributed by atoms with Crippen molar-refractivity contribution in [3.63, 3.8) is 0 Å². The third kappa shape index (κ3) is 2.42. The predicted molar refractivity (Wildman–Crippen MR) is 50.5 cm³/mol. The number of halogens is 1. The van der Waals surface area contributed by atoms with Gasteiger partial charge in [0.15, 0.2) is 6.10 Å². The van der Waals surface area contributed by atoms with Crippen molar-refractivity contribution in [1.29, 1.82) is 10.5 Å². The summed E-state index contributed by atoms with van der Waals surface area (Å²) in [6.45, 7) is 0. The van der Waals surface area contributed by atoms with Crippen molar-refractivity contribution in [2.24, 2.45) is 0 Å².